The first-order valence-electron chi connectivity index (χ1n) is 6.72. The Morgan fingerprint density at radius 1 is 0.905 bits per heavy atom. The van der Waals surface area contributed by atoms with Gasteiger partial charge in [-0.3, -0.25) is 14.4 Å². The number of benzene rings is 2. The summed E-state index contributed by atoms with van der Waals surface area (Å²) in [5.41, 5.74) is 1.62. The van der Waals surface area contributed by atoms with Gasteiger partial charge in [0.05, 0.1) is 11.3 Å². The molecule has 1 aliphatic rings. The van der Waals surface area contributed by atoms with Gasteiger partial charge in [-0.25, -0.2) is 0 Å². The molecule has 0 fully saturated rings. The number of carbonyl (C=O) groups excluding carboxylic acids is 3. The number of fused-ring (bicyclic) bond motifs is 1. The standard InChI is InChI=1S/C17H13NO3/c19-15(12-6-2-1-3-7-12)10-11-18-14-9-5-4-8-13(14)16(20)17(18)21/h1-9H,10-11H2. The molecule has 0 bridgehead atoms. The van der Waals surface area contributed by atoms with Crippen molar-refractivity contribution in [1.29, 1.82) is 0 Å². The van der Waals surface area contributed by atoms with E-state index >= 15 is 0 Å². The maximum absolute atomic E-state index is 12.1. The van der Waals surface area contributed by atoms with Crippen molar-refractivity contribution < 1.29 is 14.4 Å². The summed E-state index contributed by atoms with van der Waals surface area (Å²) in [6, 6.07) is 15.8. The lowest BCUT2D eigenvalue weighted by atomic mass is 10.1. The van der Waals surface area contributed by atoms with Crippen molar-refractivity contribution in [3.05, 3.63) is 65.7 Å². The first-order valence-corrected chi connectivity index (χ1v) is 6.72. The Kier molecular flexibility index (Phi) is 3.36. The number of nitrogens with zero attached hydrogens (tertiary/aromatic N) is 1. The molecule has 4 nitrogen and oxygen atoms in total. The summed E-state index contributed by atoms with van der Waals surface area (Å²) in [6.45, 7) is 0.218. The third-order valence-electron chi connectivity index (χ3n) is 3.54. The first kappa shape index (κ1) is 13.2. The normalized spacial score (nSPS) is 13.4. The van der Waals surface area contributed by atoms with Gasteiger partial charge in [-0.1, -0.05) is 42.5 Å². The molecule has 0 aromatic heterocycles. The van der Waals surface area contributed by atoms with Crippen LogP contribution in [0.2, 0.25) is 0 Å². The maximum Gasteiger partial charge on any atom is 0.299 e. The van der Waals surface area contributed by atoms with E-state index < -0.39 is 11.7 Å². The Labute approximate surface area is 122 Å². The molecule has 1 heterocycles. The summed E-state index contributed by atoms with van der Waals surface area (Å²) in [4.78, 5) is 37.3. The smallest absolute Gasteiger partial charge is 0.299 e. The van der Waals surface area contributed by atoms with Crippen LogP contribution >= 0.6 is 0 Å². The lowest BCUT2D eigenvalue weighted by molar-refractivity contribution is -0.114. The first-order chi connectivity index (χ1) is 10.2. The molecule has 2 aromatic carbocycles. The fourth-order valence-electron chi connectivity index (χ4n) is 2.45. The van der Waals surface area contributed by atoms with Crippen LogP contribution in [0.3, 0.4) is 0 Å². The molecule has 0 radical (unpaired) electrons. The largest absolute Gasteiger partial charge is 0.304 e. The minimum absolute atomic E-state index is 0.0415. The van der Waals surface area contributed by atoms with E-state index in [-0.39, 0.29) is 18.7 Å². The number of ketones is 2. The Hall–Kier alpha value is -2.75. The van der Waals surface area contributed by atoms with Gasteiger partial charge in [0.1, 0.15) is 0 Å². The number of hydrogen-bond acceptors (Lipinski definition) is 3. The van der Waals surface area contributed by atoms with E-state index in [1.807, 2.05) is 6.07 Å². The quantitative estimate of drug-likeness (QED) is 0.638. The number of hydrogen-bond donors (Lipinski definition) is 0. The Morgan fingerprint density at radius 3 is 2.33 bits per heavy atom. The molecule has 0 N–H and O–H groups in total. The van der Waals surface area contributed by atoms with E-state index in [0.717, 1.165) is 0 Å². The monoisotopic (exact) mass is 279 g/mol. The van der Waals surface area contributed by atoms with Gasteiger partial charge in [0.2, 0.25) is 0 Å². The predicted molar refractivity (Wildman–Crippen MR) is 78.5 cm³/mol. The van der Waals surface area contributed by atoms with Crippen LogP contribution in [0.25, 0.3) is 0 Å². The van der Waals surface area contributed by atoms with Gasteiger partial charge in [0.25, 0.3) is 11.7 Å². The number of amides is 1. The molecular weight excluding hydrogens is 266 g/mol. The Balaban J connectivity index is 1.76. The van der Waals surface area contributed by atoms with Gasteiger partial charge in [-0.15, -0.1) is 0 Å². The van der Waals surface area contributed by atoms with Crippen molar-refractivity contribution in [2.75, 3.05) is 11.4 Å². The van der Waals surface area contributed by atoms with Crippen LogP contribution in [0.4, 0.5) is 5.69 Å². The summed E-state index contributed by atoms with van der Waals surface area (Å²) in [7, 11) is 0. The van der Waals surface area contributed by atoms with E-state index in [2.05, 4.69) is 0 Å². The van der Waals surface area contributed by atoms with Crippen LogP contribution in [0.15, 0.2) is 54.6 Å². The molecule has 0 atom stereocenters. The molecule has 104 valence electrons. The second kappa shape index (κ2) is 5.32. The highest BCUT2D eigenvalue weighted by Crippen LogP contribution is 2.28. The number of rotatable bonds is 4. The van der Waals surface area contributed by atoms with Crippen molar-refractivity contribution >= 4 is 23.2 Å². The molecule has 1 aliphatic heterocycles. The van der Waals surface area contributed by atoms with Gasteiger partial charge >= 0.3 is 0 Å². The zero-order valence-electron chi connectivity index (χ0n) is 11.3. The zero-order chi connectivity index (χ0) is 14.8. The van der Waals surface area contributed by atoms with Crippen molar-refractivity contribution in [1.82, 2.24) is 0 Å². The molecule has 3 rings (SSSR count). The highest BCUT2D eigenvalue weighted by molar-refractivity contribution is 6.52. The summed E-state index contributed by atoms with van der Waals surface area (Å²) in [5.74, 6) is -1.10. The van der Waals surface area contributed by atoms with Crippen LogP contribution in [0.5, 0.6) is 0 Å². The van der Waals surface area contributed by atoms with E-state index in [4.69, 9.17) is 0 Å². The van der Waals surface area contributed by atoms with Gasteiger partial charge < -0.3 is 4.90 Å². The highest BCUT2D eigenvalue weighted by Gasteiger charge is 2.35. The summed E-state index contributed by atoms with van der Waals surface area (Å²) in [6.07, 6.45) is 0.192. The molecule has 21 heavy (non-hydrogen) atoms. The third-order valence-corrected chi connectivity index (χ3v) is 3.54. The summed E-state index contributed by atoms with van der Waals surface area (Å²) >= 11 is 0. The van der Waals surface area contributed by atoms with Gasteiger partial charge in [-0.05, 0) is 12.1 Å². The average Bonchev–Trinajstić information content (AvgIpc) is 2.78. The average molecular weight is 279 g/mol. The molecule has 4 heteroatoms. The van der Waals surface area contributed by atoms with Crippen molar-refractivity contribution in [3.8, 4) is 0 Å². The highest BCUT2D eigenvalue weighted by atomic mass is 16.2. The third kappa shape index (κ3) is 2.36. The summed E-state index contributed by atoms with van der Waals surface area (Å²) in [5, 5.41) is 0. The number of carbonyl (C=O) groups is 3. The molecular formula is C17H13NO3. The summed E-state index contributed by atoms with van der Waals surface area (Å²) < 4.78 is 0. The molecule has 1 amide bonds. The van der Waals surface area contributed by atoms with E-state index in [1.54, 1.807) is 48.5 Å². The molecule has 0 aliphatic carbocycles. The van der Waals surface area contributed by atoms with Gasteiger partial charge in [0, 0.05) is 18.5 Å². The van der Waals surface area contributed by atoms with Gasteiger partial charge in [0.15, 0.2) is 5.78 Å². The minimum atomic E-state index is -0.558. The Bertz CT molecular complexity index is 722. The van der Waals surface area contributed by atoms with Gasteiger partial charge in [-0.2, -0.15) is 0 Å². The van der Waals surface area contributed by atoms with E-state index in [9.17, 15) is 14.4 Å². The number of Topliss-reactive ketones (excluding diaryl/α,β-unsaturated/α-hetero) is 2. The van der Waals surface area contributed by atoms with Crippen molar-refractivity contribution in [2.45, 2.75) is 6.42 Å². The maximum atomic E-state index is 12.1. The predicted octanol–water partition coefficient (Wildman–Crippen LogP) is 2.49. The zero-order valence-corrected chi connectivity index (χ0v) is 11.3. The van der Waals surface area contributed by atoms with E-state index in [0.29, 0.717) is 16.8 Å². The van der Waals surface area contributed by atoms with Crippen LogP contribution in [-0.2, 0) is 4.79 Å². The topological polar surface area (TPSA) is 54.5 Å². The van der Waals surface area contributed by atoms with Crippen LogP contribution < -0.4 is 4.90 Å². The SMILES string of the molecule is O=C(CCN1C(=O)C(=O)c2ccccc21)c1ccccc1. The fourth-order valence-corrected chi connectivity index (χ4v) is 2.45. The molecule has 0 spiro atoms. The number of para-hydroxylation sites is 1. The molecule has 0 saturated heterocycles. The minimum Gasteiger partial charge on any atom is -0.304 e. The van der Waals surface area contributed by atoms with Crippen LogP contribution in [0.1, 0.15) is 27.1 Å². The Morgan fingerprint density at radius 2 is 1.57 bits per heavy atom. The van der Waals surface area contributed by atoms with Crippen molar-refractivity contribution in [2.24, 2.45) is 0 Å². The number of anilines is 1. The molecule has 0 saturated carbocycles. The fraction of sp³-hybridized carbons (Fsp3) is 0.118. The second-order valence-electron chi connectivity index (χ2n) is 4.84. The lowest BCUT2D eigenvalue weighted by Crippen LogP contribution is -2.31. The molecule has 2 aromatic rings. The second-order valence-corrected chi connectivity index (χ2v) is 4.84. The van der Waals surface area contributed by atoms with Crippen molar-refractivity contribution in [3.63, 3.8) is 0 Å². The lowest BCUT2D eigenvalue weighted by Gasteiger charge is -2.15. The molecule has 0 unspecified atom stereocenters. The van der Waals surface area contributed by atoms with E-state index in [1.165, 1.54) is 4.90 Å². The van der Waals surface area contributed by atoms with Crippen LogP contribution in [0, 0.1) is 0 Å². The van der Waals surface area contributed by atoms with Crippen LogP contribution in [-0.4, -0.2) is 24.0 Å².